The summed E-state index contributed by atoms with van der Waals surface area (Å²) >= 11 is 0. The number of fused-ring (bicyclic) bond motifs is 7. The maximum Gasteiger partial charge on any atom is 0.136 e. The molecule has 0 saturated heterocycles. The molecular formula is C40H25NO. The van der Waals surface area contributed by atoms with E-state index in [2.05, 4.69) is 144 Å². The highest BCUT2D eigenvalue weighted by atomic mass is 16.3. The van der Waals surface area contributed by atoms with E-state index in [0.717, 1.165) is 27.6 Å². The van der Waals surface area contributed by atoms with Crippen LogP contribution in [0.4, 0.5) is 0 Å². The fourth-order valence-corrected chi connectivity index (χ4v) is 6.61. The van der Waals surface area contributed by atoms with Crippen LogP contribution in [0.3, 0.4) is 0 Å². The summed E-state index contributed by atoms with van der Waals surface area (Å²) in [5, 5.41) is 7.27. The second-order valence-electron chi connectivity index (χ2n) is 11.0. The summed E-state index contributed by atoms with van der Waals surface area (Å²) in [6, 6.07) is 54.4. The van der Waals surface area contributed by atoms with E-state index in [1.165, 1.54) is 54.8 Å². The Kier molecular flexibility index (Phi) is 4.93. The lowest BCUT2D eigenvalue weighted by atomic mass is 9.98. The van der Waals surface area contributed by atoms with Gasteiger partial charge in [-0.25, -0.2) is 0 Å². The number of rotatable bonds is 3. The molecule has 0 radical (unpaired) electrons. The number of benzene rings is 7. The largest absolute Gasteiger partial charge is 0.456 e. The molecule has 0 atom stereocenters. The molecule has 42 heavy (non-hydrogen) atoms. The second-order valence-corrected chi connectivity index (χ2v) is 11.0. The average Bonchev–Trinajstić information content (AvgIpc) is 3.60. The summed E-state index contributed by atoms with van der Waals surface area (Å²) in [7, 11) is 0. The first kappa shape index (κ1) is 23.1. The summed E-state index contributed by atoms with van der Waals surface area (Å²) in [6.45, 7) is 0. The predicted octanol–water partition coefficient (Wildman–Crippen LogP) is 11.2. The van der Waals surface area contributed by atoms with E-state index in [4.69, 9.17) is 4.42 Å². The van der Waals surface area contributed by atoms with Gasteiger partial charge in [-0.1, -0.05) is 109 Å². The molecule has 196 valence electrons. The van der Waals surface area contributed by atoms with E-state index in [0.29, 0.717) is 0 Å². The molecule has 0 aliphatic rings. The molecule has 0 unspecified atom stereocenters. The summed E-state index contributed by atoms with van der Waals surface area (Å²) in [4.78, 5) is 0. The smallest absolute Gasteiger partial charge is 0.136 e. The Morgan fingerprint density at radius 1 is 0.405 bits per heavy atom. The number of hydrogen-bond acceptors (Lipinski definition) is 1. The third-order valence-electron chi connectivity index (χ3n) is 8.58. The van der Waals surface area contributed by atoms with Crippen molar-refractivity contribution in [1.82, 2.24) is 4.57 Å². The van der Waals surface area contributed by atoms with Crippen LogP contribution in [0.25, 0.3) is 82.5 Å². The van der Waals surface area contributed by atoms with Gasteiger partial charge in [-0.15, -0.1) is 0 Å². The van der Waals surface area contributed by atoms with E-state index in [-0.39, 0.29) is 0 Å². The minimum atomic E-state index is 0.913. The fourth-order valence-electron chi connectivity index (χ4n) is 6.61. The predicted molar refractivity (Wildman–Crippen MR) is 176 cm³/mol. The standard InChI is InChI=1S/C40H25NO/c1-2-9-26(10-3-1)29-19-22-36-35(24-29)33-21-18-30(32-14-8-16-39-40(32)34-13-6-7-15-38(34)42-39)25-37(33)41(36)31-20-17-27-11-4-5-12-28(27)23-31/h1-25H. The van der Waals surface area contributed by atoms with Crippen LogP contribution in [-0.2, 0) is 0 Å². The Balaban J connectivity index is 1.35. The molecule has 9 aromatic rings. The van der Waals surface area contributed by atoms with Gasteiger partial charge in [0.25, 0.3) is 0 Å². The van der Waals surface area contributed by atoms with Crippen molar-refractivity contribution in [3.8, 4) is 27.9 Å². The molecule has 2 heteroatoms. The lowest BCUT2D eigenvalue weighted by molar-refractivity contribution is 0.669. The van der Waals surface area contributed by atoms with Crippen molar-refractivity contribution in [3.63, 3.8) is 0 Å². The molecule has 0 bridgehead atoms. The number of hydrogen-bond donors (Lipinski definition) is 0. The van der Waals surface area contributed by atoms with Crippen LogP contribution in [0.2, 0.25) is 0 Å². The topological polar surface area (TPSA) is 18.1 Å². The number of furan rings is 1. The summed E-state index contributed by atoms with van der Waals surface area (Å²) in [5.41, 5.74) is 10.2. The van der Waals surface area contributed by atoms with Crippen LogP contribution >= 0.6 is 0 Å². The molecule has 2 heterocycles. The maximum atomic E-state index is 6.23. The Morgan fingerprint density at radius 2 is 1.19 bits per heavy atom. The molecule has 0 saturated carbocycles. The Bertz CT molecular complexity index is 2460. The van der Waals surface area contributed by atoms with Crippen molar-refractivity contribution in [2.45, 2.75) is 0 Å². The van der Waals surface area contributed by atoms with Gasteiger partial charge in [0.15, 0.2) is 0 Å². The molecule has 0 amide bonds. The monoisotopic (exact) mass is 535 g/mol. The third-order valence-corrected chi connectivity index (χ3v) is 8.58. The lowest BCUT2D eigenvalue weighted by Gasteiger charge is -2.11. The van der Waals surface area contributed by atoms with Crippen molar-refractivity contribution >= 4 is 54.5 Å². The highest BCUT2D eigenvalue weighted by Gasteiger charge is 2.17. The van der Waals surface area contributed by atoms with Gasteiger partial charge in [-0.3, -0.25) is 0 Å². The molecule has 0 fully saturated rings. The number of nitrogens with zero attached hydrogens (tertiary/aromatic N) is 1. The first-order chi connectivity index (χ1) is 20.8. The second kappa shape index (κ2) is 8.95. The van der Waals surface area contributed by atoms with Crippen LogP contribution in [0.1, 0.15) is 0 Å². The van der Waals surface area contributed by atoms with Gasteiger partial charge in [0, 0.05) is 27.2 Å². The Morgan fingerprint density at radius 3 is 2.12 bits per heavy atom. The highest BCUT2D eigenvalue weighted by Crippen LogP contribution is 2.40. The van der Waals surface area contributed by atoms with Gasteiger partial charge in [-0.05, 0) is 75.5 Å². The summed E-state index contributed by atoms with van der Waals surface area (Å²) < 4.78 is 8.65. The van der Waals surface area contributed by atoms with Gasteiger partial charge in [0.2, 0.25) is 0 Å². The average molecular weight is 536 g/mol. The molecule has 0 aliphatic heterocycles. The summed E-state index contributed by atoms with van der Waals surface area (Å²) in [5.74, 6) is 0. The van der Waals surface area contributed by atoms with Gasteiger partial charge < -0.3 is 8.98 Å². The summed E-state index contributed by atoms with van der Waals surface area (Å²) in [6.07, 6.45) is 0. The molecule has 7 aromatic carbocycles. The van der Waals surface area contributed by atoms with E-state index in [1.807, 2.05) is 12.1 Å². The lowest BCUT2D eigenvalue weighted by Crippen LogP contribution is -1.94. The van der Waals surface area contributed by atoms with Gasteiger partial charge in [0.1, 0.15) is 11.2 Å². The number of aromatic nitrogens is 1. The van der Waals surface area contributed by atoms with E-state index >= 15 is 0 Å². The molecule has 0 spiro atoms. The zero-order valence-corrected chi connectivity index (χ0v) is 22.8. The Hall–Kier alpha value is -5.60. The maximum absolute atomic E-state index is 6.23. The van der Waals surface area contributed by atoms with Crippen molar-refractivity contribution in [3.05, 3.63) is 152 Å². The van der Waals surface area contributed by atoms with E-state index in [9.17, 15) is 0 Å². The molecule has 0 aliphatic carbocycles. The van der Waals surface area contributed by atoms with Crippen LogP contribution in [0, 0.1) is 0 Å². The van der Waals surface area contributed by atoms with Gasteiger partial charge in [-0.2, -0.15) is 0 Å². The van der Waals surface area contributed by atoms with Crippen LogP contribution in [0.15, 0.2) is 156 Å². The molecule has 9 rings (SSSR count). The van der Waals surface area contributed by atoms with E-state index < -0.39 is 0 Å². The number of para-hydroxylation sites is 1. The zero-order valence-electron chi connectivity index (χ0n) is 22.8. The highest BCUT2D eigenvalue weighted by molar-refractivity contribution is 6.15. The molecular weight excluding hydrogens is 510 g/mol. The third kappa shape index (κ3) is 3.45. The van der Waals surface area contributed by atoms with Crippen molar-refractivity contribution < 1.29 is 4.42 Å². The van der Waals surface area contributed by atoms with Crippen molar-refractivity contribution in [2.75, 3.05) is 0 Å². The minimum Gasteiger partial charge on any atom is -0.456 e. The van der Waals surface area contributed by atoms with Crippen LogP contribution in [-0.4, -0.2) is 4.57 Å². The van der Waals surface area contributed by atoms with E-state index in [1.54, 1.807) is 0 Å². The fraction of sp³-hybridized carbons (Fsp3) is 0. The van der Waals surface area contributed by atoms with Crippen molar-refractivity contribution in [2.24, 2.45) is 0 Å². The first-order valence-corrected chi connectivity index (χ1v) is 14.4. The Labute approximate surface area is 242 Å². The van der Waals surface area contributed by atoms with Crippen molar-refractivity contribution in [1.29, 1.82) is 0 Å². The van der Waals surface area contributed by atoms with Crippen LogP contribution < -0.4 is 0 Å². The minimum absolute atomic E-state index is 0.913. The quantitative estimate of drug-likeness (QED) is 0.220. The molecule has 2 aromatic heterocycles. The van der Waals surface area contributed by atoms with Gasteiger partial charge >= 0.3 is 0 Å². The molecule has 0 N–H and O–H groups in total. The van der Waals surface area contributed by atoms with Gasteiger partial charge in [0.05, 0.1) is 11.0 Å². The van der Waals surface area contributed by atoms with Crippen LogP contribution in [0.5, 0.6) is 0 Å². The first-order valence-electron chi connectivity index (χ1n) is 14.4. The normalized spacial score (nSPS) is 11.8. The SMILES string of the molecule is c1ccc(-c2ccc3c(c2)c2ccc(-c4cccc5oc6ccccc6c45)cc2n3-c2ccc3ccccc3c2)cc1. The molecule has 2 nitrogen and oxygen atoms in total. The zero-order chi connectivity index (χ0) is 27.6.